The van der Waals surface area contributed by atoms with Gasteiger partial charge in [0.2, 0.25) is 5.91 Å². The molecule has 2 heterocycles. The van der Waals surface area contributed by atoms with Crippen molar-refractivity contribution in [2.75, 3.05) is 79.0 Å². The SMILES string of the molecule is CCNC(=NCC(C)CN1CCN(C)CC1)N1CCN(C(C)=O)CC1. The van der Waals surface area contributed by atoms with E-state index in [1.165, 1.54) is 13.1 Å². The van der Waals surface area contributed by atoms with Crippen LogP contribution in [0.3, 0.4) is 0 Å². The van der Waals surface area contributed by atoms with Crippen LogP contribution >= 0.6 is 0 Å². The van der Waals surface area contributed by atoms with Crippen LogP contribution in [0.5, 0.6) is 0 Å². The molecule has 0 aliphatic carbocycles. The van der Waals surface area contributed by atoms with Crippen LogP contribution < -0.4 is 5.32 Å². The first kappa shape index (κ1) is 20.0. The molecule has 1 amide bonds. The van der Waals surface area contributed by atoms with E-state index in [1.54, 1.807) is 6.92 Å². The summed E-state index contributed by atoms with van der Waals surface area (Å²) < 4.78 is 0. The molecule has 2 fully saturated rings. The molecule has 0 bridgehead atoms. The summed E-state index contributed by atoms with van der Waals surface area (Å²) in [5, 5.41) is 3.41. The first-order chi connectivity index (χ1) is 12.0. The van der Waals surface area contributed by atoms with Crippen LogP contribution in [0.25, 0.3) is 0 Å². The summed E-state index contributed by atoms with van der Waals surface area (Å²) in [5.74, 6) is 1.72. The van der Waals surface area contributed by atoms with Gasteiger partial charge in [0.05, 0.1) is 0 Å². The minimum absolute atomic E-state index is 0.169. The lowest BCUT2D eigenvalue weighted by atomic mass is 10.1. The van der Waals surface area contributed by atoms with Crippen LogP contribution in [0.1, 0.15) is 20.8 Å². The summed E-state index contributed by atoms with van der Waals surface area (Å²) in [6, 6.07) is 0. The van der Waals surface area contributed by atoms with E-state index in [4.69, 9.17) is 4.99 Å². The molecule has 25 heavy (non-hydrogen) atoms. The van der Waals surface area contributed by atoms with Gasteiger partial charge in [0, 0.05) is 78.9 Å². The molecular formula is C18H36N6O. The van der Waals surface area contributed by atoms with Crippen molar-refractivity contribution in [2.24, 2.45) is 10.9 Å². The molecule has 1 N–H and O–H groups in total. The number of aliphatic imine (C=N–C) groups is 1. The first-order valence-corrected chi connectivity index (χ1v) is 9.69. The van der Waals surface area contributed by atoms with Crippen molar-refractivity contribution in [3.05, 3.63) is 0 Å². The molecule has 0 saturated carbocycles. The van der Waals surface area contributed by atoms with Gasteiger partial charge in [-0.25, -0.2) is 0 Å². The Balaban J connectivity index is 1.81. The minimum Gasteiger partial charge on any atom is -0.357 e. The number of guanidine groups is 1. The van der Waals surface area contributed by atoms with E-state index in [1.807, 2.05) is 4.90 Å². The summed E-state index contributed by atoms with van der Waals surface area (Å²) >= 11 is 0. The van der Waals surface area contributed by atoms with E-state index in [0.717, 1.165) is 64.9 Å². The van der Waals surface area contributed by atoms with E-state index in [2.05, 4.69) is 40.9 Å². The highest BCUT2D eigenvalue weighted by molar-refractivity contribution is 5.80. The molecule has 2 aliphatic heterocycles. The van der Waals surface area contributed by atoms with Crippen LogP contribution in [-0.2, 0) is 4.79 Å². The molecule has 0 radical (unpaired) electrons. The highest BCUT2D eigenvalue weighted by Gasteiger charge is 2.21. The summed E-state index contributed by atoms with van der Waals surface area (Å²) in [6.45, 7) is 16.8. The molecule has 0 aromatic carbocycles. The molecule has 7 heteroatoms. The maximum absolute atomic E-state index is 11.5. The van der Waals surface area contributed by atoms with Gasteiger partial charge in [0.25, 0.3) is 0 Å². The summed E-state index contributed by atoms with van der Waals surface area (Å²) in [5.41, 5.74) is 0. The molecular weight excluding hydrogens is 316 g/mol. The largest absolute Gasteiger partial charge is 0.357 e. The summed E-state index contributed by atoms with van der Waals surface area (Å²) in [4.78, 5) is 25.5. The van der Waals surface area contributed by atoms with Gasteiger partial charge in [-0.3, -0.25) is 9.79 Å². The molecule has 0 aromatic heterocycles. The van der Waals surface area contributed by atoms with Crippen LogP contribution in [-0.4, -0.2) is 111 Å². The zero-order chi connectivity index (χ0) is 18.2. The lowest BCUT2D eigenvalue weighted by Gasteiger charge is -2.36. The van der Waals surface area contributed by atoms with Crippen molar-refractivity contribution in [1.82, 2.24) is 24.9 Å². The second kappa shape index (κ2) is 9.97. The highest BCUT2D eigenvalue weighted by Crippen LogP contribution is 2.07. The Labute approximate surface area is 153 Å². The lowest BCUT2D eigenvalue weighted by molar-refractivity contribution is -0.130. The number of hydrogen-bond donors (Lipinski definition) is 1. The van der Waals surface area contributed by atoms with Gasteiger partial charge in [0.1, 0.15) is 0 Å². The van der Waals surface area contributed by atoms with Gasteiger partial charge in [-0.2, -0.15) is 0 Å². The average Bonchev–Trinajstić information content (AvgIpc) is 2.60. The number of rotatable bonds is 5. The zero-order valence-corrected chi connectivity index (χ0v) is 16.5. The van der Waals surface area contributed by atoms with E-state index in [9.17, 15) is 4.79 Å². The highest BCUT2D eigenvalue weighted by atomic mass is 16.2. The van der Waals surface area contributed by atoms with E-state index < -0.39 is 0 Å². The summed E-state index contributed by atoms with van der Waals surface area (Å²) in [7, 11) is 2.19. The number of carbonyl (C=O) groups excluding carboxylic acids is 1. The fourth-order valence-electron chi connectivity index (χ4n) is 3.43. The molecule has 7 nitrogen and oxygen atoms in total. The van der Waals surface area contributed by atoms with E-state index in [-0.39, 0.29) is 5.91 Å². The minimum atomic E-state index is 0.169. The number of likely N-dealkylation sites (N-methyl/N-ethyl adjacent to an activating group) is 1. The third-order valence-electron chi connectivity index (χ3n) is 5.08. The fraction of sp³-hybridized carbons (Fsp3) is 0.889. The van der Waals surface area contributed by atoms with Gasteiger partial charge in [-0.15, -0.1) is 0 Å². The van der Waals surface area contributed by atoms with E-state index in [0.29, 0.717) is 5.92 Å². The quantitative estimate of drug-likeness (QED) is 0.558. The van der Waals surface area contributed by atoms with Crippen molar-refractivity contribution < 1.29 is 4.79 Å². The number of amides is 1. The van der Waals surface area contributed by atoms with Crippen molar-refractivity contribution in [1.29, 1.82) is 0 Å². The maximum Gasteiger partial charge on any atom is 0.219 e. The van der Waals surface area contributed by atoms with Crippen molar-refractivity contribution in [3.8, 4) is 0 Å². The van der Waals surface area contributed by atoms with Crippen molar-refractivity contribution in [2.45, 2.75) is 20.8 Å². The number of hydrogen-bond acceptors (Lipinski definition) is 4. The number of nitrogens with zero attached hydrogens (tertiary/aromatic N) is 5. The van der Waals surface area contributed by atoms with Gasteiger partial charge in [-0.05, 0) is 19.9 Å². The normalized spacial score (nSPS) is 22.2. The third kappa shape index (κ3) is 6.47. The second-order valence-electron chi connectivity index (χ2n) is 7.40. The predicted octanol–water partition coefficient (Wildman–Crippen LogP) is -0.000500. The predicted molar refractivity (Wildman–Crippen MR) is 103 cm³/mol. The van der Waals surface area contributed by atoms with Gasteiger partial charge in [0.15, 0.2) is 5.96 Å². The first-order valence-electron chi connectivity index (χ1n) is 9.69. The van der Waals surface area contributed by atoms with Gasteiger partial charge < -0.3 is 24.9 Å². The monoisotopic (exact) mass is 352 g/mol. The standard InChI is InChI=1S/C18H36N6O/c1-5-19-18(24-12-10-23(11-13-24)17(3)25)20-14-16(2)15-22-8-6-21(4)7-9-22/h16H,5-15H2,1-4H3,(H,19,20). The third-order valence-corrected chi connectivity index (χ3v) is 5.08. The molecule has 0 spiro atoms. The number of piperazine rings is 2. The maximum atomic E-state index is 11.5. The van der Waals surface area contributed by atoms with Crippen LogP contribution in [0.2, 0.25) is 0 Å². The number of nitrogens with one attached hydrogen (secondary N) is 1. The van der Waals surface area contributed by atoms with Gasteiger partial charge in [-0.1, -0.05) is 6.92 Å². The van der Waals surface area contributed by atoms with Gasteiger partial charge >= 0.3 is 0 Å². The molecule has 144 valence electrons. The Kier molecular flexibility index (Phi) is 7.96. The summed E-state index contributed by atoms with van der Waals surface area (Å²) in [6.07, 6.45) is 0. The molecule has 1 atom stereocenters. The Morgan fingerprint density at radius 3 is 2.20 bits per heavy atom. The Hall–Kier alpha value is -1.34. The average molecular weight is 353 g/mol. The molecule has 1 unspecified atom stereocenters. The molecule has 2 rings (SSSR count). The smallest absolute Gasteiger partial charge is 0.219 e. The molecule has 2 saturated heterocycles. The van der Waals surface area contributed by atoms with Crippen LogP contribution in [0.15, 0.2) is 4.99 Å². The van der Waals surface area contributed by atoms with Crippen LogP contribution in [0, 0.1) is 5.92 Å². The second-order valence-corrected chi connectivity index (χ2v) is 7.40. The fourth-order valence-corrected chi connectivity index (χ4v) is 3.43. The van der Waals surface area contributed by atoms with Crippen LogP contribution in [0.4, 0.5) is 0 Å². The van der Waals surface area contributed by atoms with Crippen molar-refractivity contribution in [3.63, 3.8) is 0 Å². The number of carbonyl (C=O) groups is 1. The lowest BCUT2D eigenvalue weighted by Crippen LogP contribution is -2.53. The zero-order valence-electron chi connectivity index (χ0n) is 16.5. The Morgan fingerprint density at radius 2 is 1.64 bits per heavy atom. The Morgan fingerprint density at radius 1 is 1.04 bits per heavy atom. The van der Waals surface area contributed by atoms with Crippen molar-refractivity contribution >= 4 is 11.9 Å². The van der Waals surface area contributed by atoms with E-state index >= 15 is 0 Å². The molecule has 0 aromatic rings. The topological polar surface area (TPSA) is 54.4 Å². The Bertz CT molecular complexity index is 439. The molecule has 2 aliphatic rings.